The van der Waals surface area contributed by atoms with Gasteiger partial charge in [0.1, 0.15) is 5.52 Å². The van der Waals surface area contributed by atoms with E-state index in [9.17, 15) is 0 Å². The van der Waals surface area contributed by atoms with Crippen molar-refractivity contribution in [3.05, 3.63) is 16.7 Å². The van der Waals surface area contributed by atoms with Crippen molar-refractivity contribution < 1.29 is 0 Å². The Balaban J connectivity index is 2.47. The van der Waals surface area contributed by atoms with Gasteiger partial charge in [-0.25, -0.2) is 9.97 Å². The van der Waals surface area contributed by atoms with Crippen LogP contribution >= 0.6 is 27.7 Å². The van der Waals surface area contributed by atoms with Gasteiger partial charge in [0.25, 0.3) is 0 Å². The zero-order valence-corrected chi connectivity index (χ0v) is 11.5. The standard InChI is InChI=1S/C10H13BrN4S/c1-6(16-2)5-15-9-8(14-10(15)12)3-7(11)4-13-9/h3-4,6H,5H2,1-2H3,(H2,12,14). The lowest BCUT2D eigenvalue weighted by atomic mass is 10.4. The third-order valence-electron chi connectivity index (χ3n) is 2.42. The second-order valence-electron chi connectivity index (χ2n) is 3.62. The average molecular weight is 301 g/mol. The van der Waals surface area contributed by atoms with E-state index in [1.807, 2.05) is 10.6 Å². The molecule has 2 aromatic rings. The molecule has 0 aliphatic heterocycles. The summed E-state index contributed by atoms with van der Waals surface area (Å²) in [6, 6.07) is 1.93. The first-order valence-electron chi connectivity index (χ1n) is 4.92. The largest absolute Gasteiger partial charge is 0.369 e. The fourth-order valence-corrected chi connectivity index (χ4v) is 2.13. The molecule has 1 unspecified atom stereocenters. The van der Waals surface area contributed by atoms with Crippen LogP contribution in [0.4, 0.5) is 5.95 Å². The molecule has 16 heavy (non-hydrogen) atoms. The highest BCUT2D eigenvalue weighted by Crippen LogP contribution is 2.21. The van der Waals surface area contributed by atoms with Crippen molar-refractivity contribution in [1.82, 2.24) is 14.5 Å². The molecule has 0 aliphatic carbocycles. The van der Waals surface area contributed by atoms with Crippen molar-refractivity contribution in [3.63, 3.8) is 0 Å². The van der Waals surface area contributed by atoms with Crippen molar-refractivity contribution in [1.29, 1.82) is 0 Å². The molecule has 0 amide bonds. The molecule has 2 rings (SSSR count). The number of nitrogen functional groups attached to an aromatic ring is 1. The lowest BCUT2D eigenvalue weighted by Crippen LogP contribution is -2.12. The minimum atomic E-state index is 0.491. The summed E-state index contributed by atoms with van der Waals surface area (Å²) < 4.78 is 2.88. The van der Waals surface area contributed by atoms with Crippen molar-refractivity contribution in [3.8, 4) is 0 Å². The summed E-state index contributed by atoms with van der Waals surface area (Å²) >= 11 is 5.18. The second kappa shape index (κ2) is 4.63. The van der Waals surface area contributed by atoms with E-state index in [4.69, 9.17) is 5.73 Å². The molecule has 0 spiro atoms. The van der Waals surface area contributed by atoms with Crippen LogP contribution < -0.4 is 5.73 Å². The maximum absolute atomic E-state index is 5.89. The molecular formula is C10H13BrN4S. The first kappa shape index (κ1) is 11.7. The van der Waals surface area contributed by atoms with E-state index in [-0.39, 0.29) is 0 Å². The smallest absolute Gasteiger partial charge is 0.202 e. The number of rotatable bonds is 3. The van der Waals surface area contributed by atoms with E-state index < -0.39 is 0 Å². The number of aromatic nitrogens is 3. The van der Waals surface area contributed by atoms with Gasteiger partial charge in [-0.2, -0.15) is 11.8 Å². The Labute approximate surface area is 107 Å². The molecular weight excluding hydrogens is 288 g/mol. The first-order chi connectivity index (χ1) is 7.61. The third-order valence-corrected chi connectivity index (χ3v) is 3.81. The molecule has 0 aromatic carbocycles. The number of hydrogen-bond donors (Lipinski definition) is 1. The van der Waals surface area contributed by atoms with Gasteiger partial charge in [0.2, 0.25) is 5.95 Å². The van der Waals surface area contributed by atoms with E-state index in [1.165, 1.54) is 0 Å². The highest BCUT2D eigenvalue weighted by molar-refractivity contribution is 9.10. The van der Waals surface area contributed by atoms with E-state index in [0.717, 1.165) is 22.2 Å². The highest BCUT2D eigenvalue weighted by Gasteiger charge is 2.11. The van der Waals surface area contributed by atoms with Crippen molar-refractivity contribution >= 4 is 44.8 Å². The summed E-state index contributed by atoms with van der Waals surface area (Å²) in [5, 5.41) is 0.491. The topological polar surface area (TPSA) is 56.7 Å². The predicted molar refractivity (Wildman–Crippen MR) is 72.6 cm³/mol. The Morgan fingerprint density at radius 3 is 3.06 bits per heavy atom. The molecule has 2 heterocycles. The summed E-state index contributed by atoms with van der Waals surface area (Å²) in [7, 11) is 0. The molecule has 0 saturated heterocycles. The summed E-state index contributed by atoms with van der Waals surface area (Å²) in [6.45, 7) is 2.99. The minimum Gasteiger partial charge on any atom is -0.369 e. The normalized spacial score (nSPS) is 13.2. The van der Waals surface area contributed by atoms with E-state index in [2.05, 4.69) is 39.1 Å². The Bertz CT molecular complexity index is 511. The number of halogens is 1. The van der Waals surface area contributed by atoms with Crippen LogP contribution in [-0.2, 0) is 6.54 Å². The van der Waals surface area contributed by atoms with Crippen LogP contribution in [0.25, 0.3) is 11.2 Å². The molecule has 86 valence electrons. The van der Waals surface area contributed by atoms with Crippen LogP contribution in [0.5, 0.6) is 0 Å². The summed E-state index contributed by atoms with van der Waals surface area (Å²) in [5.74, 6) is 0.529. The fraction of sp³-hybridized carbons (Fsp3) is 0.400. The highest BCUT2D eigenvalue weighted by atomic mass is 79.9. The average Bonchev–Trinajstić information content (AvgIpc) is 2.54. The monoisotopic (exact) mass is 300 g/mol. The number of nitrogens with zero attached hydrogens (tertiary/aromatic N) is 3. The number of thioether (sulfide) groups is 1. The van der Waals surface area contributed by atoms with Gasteiger partial charge < -0.3 is 5.73 Å². The van der Waals surface area contributed by atoms with E-state index >= 15 is 0 Å². The SMILES string of the molecule is CSC(C)Cn1c(N)nc2cc(Br)cnc21. The molecule has 0 saturated carbocycles. The van der Waals surface area contributed by atoms with Gasteiger partial charge in [-0.3, -0.25) is 4.57 Å². The molecule has 0 bridgehead atoms. The summed E-state index contributed by atoms with van der Waals surface area (Å²) in [4.78, 5) is 8.65. The second-order valence-corrected chi connectivity index (χ2v) is 5.82. The maximum Gasteiger partial charge on any atom is 0.202 e. The Morgan fingerprint density at radius 2 is 2.38 bits per heavy atom. The third kappa shape index (κ3) is 2.17. The van der Waals surface area contributed by atoms with Gasteiger partial charge in [0, 0.05) is 22.5 Å². The van der Waals surface area contributed by atoms with Crippen LogP contribution in [0.15, 0.2) is 16.7 Å². The van der Waals surface area contributed by atoms with Crippen LogP contribution in [0.2, 0.25) is 0 Å². The number of fused-ring (bicyclic) bond motifs is 1. The van der Waals surface area contributed by atoms with Gasteiger partial charge in [-0.1, -0.05) is 6.92 Å². The molecule has 0 radical (unpaired) electrons. The number of nitrogens with two attached hydrogens (primary N) is 1. The summed E-state index contributed by atoms with van der Waals surface area (Å²) in [5.41, 5.74) is 7.58. The van der Waals surface area contributed by atoms with Gasteiger partial charge in [-0.15, -0.1) is 0 Å². The molecule has 0 aliphatic rings. The van der Waals surface area contributed by atoms with Crippen molar-refractivity contribution in [2.45, 2.75) is 18.7 Å². The van der Waals surface area contributed by atoms with Gasteiger partial charge in [0.05, 0.1) is 0 Å². The Kier molecular flexibility index (Phi) is 3.39. The molecule has 1 atom stereocenters. The van der Waals surface area contributed by atoms with Gasteiger partial charge in [0.15, 0.2) is 5.65 Å². The molecule has 2 aromatic heterocycles. The minimum absolute atomic E-state index is 0.491. The number of hydrogen-bond acceptors (Lipinski definition) is 4. The van der Waals surface area contributed by atoms with Crippen LogP contribution in [0.3, 0.4) is 0 Å². The van der Waals surface area contributed by atoms with Crippen LogP contribution in [0.1, 0.15) is 6.92 Å². The van der Waals surface area contributed by atoms with Crippen LogP contribution in [0, 0.1) is 0 Å². The van der Waals surface area contributed by atoms with Gasteiger partial charge >= 0.3 is 0 Å². The molecule has 4 nitrogen and oxygen atoms in total. The first-order valence-corrected chi connectivity index (χ1v) is 7.00. The molecule has 2 N–H and O–H groups in total. The molecule has 6 heteroatoms. The lowest BCUT2D eigenvalue weighted by Gasteiger charge is -2.10. The van der Waals surface area contributed by atoms with E-state index in [0.29, 0.717) is 11.2 Å². The van der Waals surface area contributed by atoms with Crippen LogP contribution in [-0.4, -0.2) is 26.0 Å². The lowest BCUT2D eigenvalue weighted by molar-refractivity contribution is 0.715. The number of pyridine rings is 1. The van der Waals surface area contributed by atoms with E-state index in [1.54, 1.807) is 18.0 Å². The molecule has 0 fully saturated rings. The predicted octanol–water partition coefficient (Wildman–Crippen LogP) is 2.53. The number of anilines is 1. The Hall–Kier alpha value is -0.750. The zero-order chi connectivity index (χ0) is 11.7. The van der Waals surface area contributed by atoms with Gasteiger partial charge in [-0.05, 0) is 28.3 Å². The quantitative estimate of drug-likeness (QED) is 0.946. The van der Waals surface area contributed by atoms with Crippen molar-refractivity contribution in [2.24, 2.45) is 0 Å². The maximum atomic E-state index is 5.89. The summed E-state index contributed by atoms with van der Waals surface area (Å²) in [6.07, 6.45) is 3.85. The number of imidazole rings is 1. The zero-order valence-electron chi connectivity index (χ0n) is 9.14. The Morgan fingerprint density at radius 1 is 1.62 bits per heavy atom. The fourth-order valence-electron chi connectivity index (χ4n) is 1.52. The van der Waals surface area contributed by atoms with Crippen molar-refractivity contribution in [2.75, 3.05) is 12.0 Å².